The number of carbonyl (C=O) groups is 1. The summed E-state index contributed by atoms with van der Waals surface area (Å²) in [5.41, 5.74) is 1.78. The number of benzene rings is 1. The zero-order valence-electron chi connectivity index (χ0n) is 13.9. The number of carbonyl (C=O) groups excluding carboxylic acids is 1. The summed E-state index contributed by atoms with van der Waals surface area (Å²) in [5, 5.41) is 2.05. The Morgan fingerprint density at radius 2 is 2.17 bits per heavy atom. The predicted molar refractivity (Wildman–Crippen MR) is 95.2 cm³/mol. The first-order chi connectivity index (χ1) is 11.8. The maximum Gasteiger partial charge on any atom is 0.254 e. The van der Waals surface area contributed by atoms with Gasteiger partial charge in [-0.1, -0.05) is 18.2 Å². The Labute approximate surface area is 147 Å². The van der Waals surface area contributed by atoms with Crippen LogP contribution in [0.5, 0.6) is 0 Å². The SMILES string of the molecule is COCc1ccc(C(=O)N(Cc2cccs2)CC2CCCO2)cc1. The van der Waals surface area contributed by atoms with Crippen molar-refractivity contribution in [3.05, 3.63) is 57.8 Å². The van der Waals surface area contributed by atoms with E-state index in [2.05, 4.69) is 6.07 Å². The predicted octanol–water partition coefficient (Wildman–Crippen LogP) is 3.72. The van der Waals surface area contributed by atoms with Gasteiger partial charge in [0.2, 0.25) is 0 Å². The van der Waals surface area contributed by atoms with Crippen LogP contribution in [0.25, 0.3) is 0 Å². The molecule has 0 radical (unpaired) electrons. The zero-order valence-corrected chi connectivity index (χ0v) is 14.8. The van der Waals surface area contributed by atoms with E-state index in [1.54, 1.807) is 18.4 Å². The summed E-state index contributed by atoms with van der Waals surface area (Å²) in [6.45, 7) is 2.65. The number of nitrogens with zero attached hydrogens (tertiary/aromatic N) is 1. The number of hydrogen-bond acceptors (Lipinski definition) is 4. The van der Waals surface area contributed by atoms with Crippen molar-refractivity contribution in [2.75, 3.05) is 20.3 Å². The van der Waals surface area contributed by atoms with Crippen molar-refractivity contribution >= 4 is 17.2 Å². The maximum absolute atomic E-state index is 13.0. The van der Waals surface area contributed by atoms with Crippen LogP contribution in [0, 0.1) is 0 Å². The highest BCUT2D eigenvalue weighted by atomic mass is 32.1. The molecule has 1 amide bonds. The normalized spacial score (nSPS) is 17.1. The van der Waals surface area contributed by atoms with Crippen molar-refractivity contribution in [1.82, 2.24) is 4.90 Å². The molecular weight excluding hydrogens is 322 g/mol. The van der Waals surface area contributed by atoms with Crippen LogP contribution >= 0.6 is 11.3 Å². The Kier molecular flexibility index (Phi) is 6.01. The fraction of sp³-hybridized carbons (Fsp3) is 0.421. The summed E-state index contributed by atoms with van der Waals surface area (Å²) in [7, 11) is 1.67. The third-order valence-electron chi connectivity index (χ3n) is 4.17. The van der Waals surface area contributed by atoms with E-state index in [-0.39, 0.29) is 12.0 Å². The smallest absolute Gasteiger partial charge is 0.254 e. The summed E-state index contributed by atoms with van der Waals surface area (Å²) < 4.78 is 10.9. The topological polar surface area (TPSA) is 38.8 Å². The summed E-state index contributed by atoms with van der Waals surface area (Å²) in [6, 6.07) is 11.8. The van der Waals surface area contributed by atoms with E-state index in [4.69, 9.17) is 9.47 Å². The number of rotatable bonds is 7. The van der Waals surface area contributed by atoms with Crippen molar-refractivity contribution in [3.8, 4) is 0 Å². The molecule has 1 fully saturated rings. The van der Waals surface area contributed by atoms with Gasteiger partial charge in [0.15, 0.2) is 0 Å². The maximum atomic E-state index is 13.0. The minimum atomic E-state index is 0.0582. The first kappa shape index (κ1) is 17.1. The summed E-state index contributed by atoms with van der Waals surface area (Å²) in [5.74, 6) is 0.0582. The average Bonchev–Trinajstić information content (AvgIpc) is 3.28. The molecule has 0 saturated carbocycles. The van der Waals surface area contributed by atoms with E-state index >= 15 is 0 Å². The second-order valence-electron chi connectivity index (χ2n) is 6.03. The first-order valence-corrected chi connectivity index (χ1v) is 9.15. The van der Waals surface area contributed by atoms with Gasteiger partial charge in [-0.25, -0.2) is 0 Å². The summed E-state index contributed by atoms with van der Waals surface area (Å²) in [6.07, 6.45) is 2.26. The van der Waals surface area contributed by atoms with E-state index in [9.17, 15) is 4.79 Å². The lowest BCUT2D eigenvalue weighted by Gasteiger charge is -2.25. The Bertz CT molecular complexity index is 633. The Hall–Kier alpha value is -1.69. The van der Waals surface area contributed by atoms with Gasteiger partial charge in [-0.2, -0.15) is 0 Å². The number of amides is 1. The largest absolute Gasteiger partial charge is 0.380 e. The van der Waals surface area contributed by atoms with Crippen LogP contribution in [0.3, 0.4) is 0 Å². The van der Waals surface area contributed by atoms with E-state index in [1.807, 2.05) is 40.6 Å². The quantitative estimate of drug-likeness (QED) is 0.768. The summed E-state index contributed by atoms with van der Waals surface area (Å²) >= 11 is 1.68. The fourth-order valence-corrected chi connectivity index (χ4v) is 3.66. The van der Waals surface area contributed by atoms with Gasteiger partial charge in [-0.05, 0) is 42.0 Å². The van der Waals surface area contributed by atoms with Crippen molar-refractivity contribution in [2.24, 2.45) is 0 Å². The molecule has 2 heterocycles. The molecule has 1 atom stereocenters. The van der Waals surface area contributed by atoms with Gasteiger partial charge in [0.1, 0.15) is 0 Å². The lowest BCUT2D eigenvalue weighted by molar-refractivity contribution is 0.0509. The summed E-state index contributed by atoms with van der Waals surface area (Å²) in [4.78, 5) is 16.1. The molecule has 1 saturated heterocycles. The molecule has 1 aliphatic heterocycles. The number of methoxy groups -OCH3 is 1. The molecule has 128 valence electrons. The Morgan fingerprint density at radius 1 is 1.33 bits per heavy atom. The molecule has 4 nitrogen and oxygen atoms in total. The lowest BCUT2D eigenvalue weighted by Crippen LogP contribution is -2.36. The average molecular weight is 345 g/mol. The molecule has 5 heteroatoms. The number of hydrogen-bond donors (Lipinski definition) is 0. The third-order valence-corrected chi connectivity index (χ3v) is 5.04. The highest BCUT2D eigenvalue weighted by Crippen LogP contribution is 2.19. The fourth-order valence-electron chi connectivity index (χ4n) is 2.94. The third kappa shape index (κ3) is 4.44. The second kappa shape index (κ2) is 8.42. The van der Waals surface area contributed by atoms with E-state index < -0.39 is 0 Å². The van der Waals surface area contributed by atoms with E-state index in [1.165, 1.54) is 4.88 Å². The molecule has 0 spiro atoms. The van der Waals surface area contributed by atoms with Crippen LogP contribution in [0.15, 0.2) is 41.8 Å². The van der Waals surface area contributed by atoms with Crippen LogP contribution in [0.4, 0.5) is 0 Å². The van der Waals surface area contributed by atoms with Crippen LogP contribution in [-0.4, -0.2) is 37.2 Å². The number of thiophene rings is 1. The molecule has 0 bridgehead atoms. The Morgan fingerprint density at radius 3 is 2.79 bits per heavy atom. The highest BCUT2D eigenvalue weighted by molar-refractivity contribution is 7.09. The van der Waals surface area contributed by atoms with Crippen molar-refractivity contribution in [3.63, 3.8) is 0 Å². The van der Waals surface area contributed by atoms with Crippen molar-refractivity contribution in [1.29, 1.82) is 0 Å². The molecule has 1 aromatic carbocycles. The van der Waals surface area contributed by atoms with Gasteiger partial charge in [0.05, 0.1) is 19.3 Å². The molecule has 0 N–H and O–H groups in total. The minimum Gasteiger partial charge on any atom is -0.380 e. The van der Waals surface area contributed by atoms with Gasteiger partial charge < -0.3 is 14.4 Å². The van der Waals surface area contributed by atoms with Gasteiger partial charge in [0, 0.05) is 30.7 Å². The minimum absolute atomic E-state index is 0.0582. The molecule has 0 aliphatic carbocycles. The van der Waals surface area contributed by atoms with Gasteiger partial charge in [-0.15, -0.1) is 11.3 Å². The molecular formula is C19H23NO3S. The van der Waals surface area contributed by atoms with Crippen LogP contribution < -0.4 is 0 Å². The van der Waals surface area contributed by atoms with Crippen LogP contribution in [0.2, 0.25) is 0 Å². The number of ether oxygens (including phenoxy) is 2. The monoisotopic (exact) mass is 345 g/mol. The van der Waals surface area contributed by atoms with Crippen molar-refractivity contribution in [2.45, 2.75) is 32.1 Å². The zero-order chi connectivity index (χ0) is 16.8. The standard InChI is InChI=1S/C19H23NO3S/c1-22-14-15-6-8-16(9-7-15)19(21)20(12-17-4-2-10-23-17)13-18-5-3-11-24-18/h3,5-9,11,17H,2,4,10,12-14H2,1H3. The van der Waals surface area contributed by atoms with E-state index in [0.29, 0.717) is 25.3 Å². The van der Waals surface area contributed by atoms with Crippen molar-refractivity contribution < 1.29 is 14.3 Å². The molecule has 1 unspecified atom stereocenters. The molecule has 2 aromatic rings. The molecule has 1 aliphatic rings. The first-order valence-electron chi connectivity index (χ1n) is 8.27. The van der Waals surface area contributed by atoms with E-state index in [0.717, 1.165) is 25.0 Å². The van der Waals surface area contributed by atoms with Crippen LogP contribution in [-0.2, 0) is 22.6 Å². The van der Waals surface area contributed by atoms with Gasteiger partial charge in [0.25, 0.3) is 5.91 Å². The van der Waals surface area contributed by atoms with Crippen LogP contribution in [0.1, 0.15) is 33.6 Å². The molecule has 24 heavy (non-hydrogen) atoms. The Balaban J connectivity index is 1.73. The van der Waals surface area contributed by atoms with Gasteiger partial charge in [-0.3, -0.25) is 4.79 Å². The highest BCUT2D eigenvalue weighted by Gasteiger charge is 2.23. The molecule has 1 aromatic heterocycles. The lowest BCUT2D eigenvalue weighted by atomic mass is 10.1. The second-order valence-corrected chi connectivity index (χ2v) is 7.06. The molecule has 3 rings (SSSR count). The van der Waals surface area contributed by atoms with Gasteiger partial charge >= 0.3 is 0 Å².